The molecule has 0 fully saturated rings. The zero-order valence-corrected chi connectivity index (χ0v) is 20.5. The first-order chi connectivity index (χ1) is 19.0. The Morgan fingerprint density at radius 2 is 1.75 bits per heavy atom. The normalized spacial score (nSPS) is 19.6. The summed E-state index contributed by atoms with van der Waals surface area (Å²) in [6, 6.07) is 14.8. The van der Waals surface area contributed by atoms with Crippen molar-refractivity contribution < 1.29 is 33.0 Å². The molecule has 3 aromatic carbocycles. The summed E-state index contributed by atoms with van der Waals surface area (Å²) in [7, 11) is 0. The Labute approximate surface area is 225 Å². The monoisotopic (exact) mass is 547 g/mol. The highest BCUT2D eigenvalue weighted by Gasteiger charge is 2.35. The van der Waals surface area contributed by atoms with Crippen molar-refractivity contribution in [3.63, 3.8) is 0 Å². The smallest absolute Gasteiger partial charge is 0.416 e. The highest BCUT2D eigenvalue weighted by molar-refractivity contribution is 6.51. The van der Waals surface area contributed by atoms with Crippen LogP contribution in [0.25, 0.3) is 11.1 Å². The van der Waals surface area contributed by atoms with Crippen molar-refractivity contribution in [1.82, 2.24) is 4.65 Å². The molecular formula is C29H20F3N3O5. The number of Topliss-reactive ketones (excluding diaryl/α,β-unsaturated/α-hetero) is 1. The number of benzene rings is 3. The van der Waals surface area contributed by atoms with E-state index < -0.39 is 34.7 Å². The van der Waals surface area contributed by atoms with Gasteiger partial charge in [-0.1, -0.05) is 36.4 Å². The number of ketones is 1. The molecule has 2 aliphatic rings. The van der Waals surface area contributed by atoms with Gasteiger partial charge in [-0.25, -0.2) is 4.79 Å². The van der Waals surface area contributed by atoms with Crippen molar-refractivity contribution in [3.8, 4) is 16.9 Å². The molecule has 0 radical (unpaired) electrons. The minimum atomic E-state index is -4.63. The van der Waals surface area contributed by atoms with Crippen LogP contribution in [0.1, 0.15) is 15.9 Å². The number of halogens is 3. The number of alkyl halides is 3. The Morgan fingerprint density at radius 3 is 2.50 bits per heavy atom. The molecule has 11 heteroatoms. The molecule has 3 aromatic rings. The highest BCUT2D eigenvalue weighted by Crippen LogP contribution is 2.38. The number of phenolic OH excluding ortho intramolecular Hbond substituents is 1. The van der Waals surface area contributed by atoms with E-state index in [1.807, 2.05) is 0 Å². The lowest BCUT2D eigenvalue weighted by molar-refractivity contribution is -0.137. The van der Waals surface area contributed by atoms with E-state index in [4.69, 9.17) is 0 Å². The maximum absolute atomic E-state index is 13.5. The second-order valence-electron chi connectivity index (χ2n) is 9.11. The molecule has 0 saturated carbocycles. The first kappa shape index (κ1) is 26.6. The van der Waals surface area contributed by atoms with Crippen molar-refractivity contribution >= 4 is 28.8 Å². The molecule has 0 aromatic heterocycles. The number of hydroxylamine groups is 2. The maximum atomic E-state index is 13.5. The van der Waals surface area contributed by atoms with Crippen LogP contribution < -0.4 is 10.1 Å². The van der Waals surface area contributed by atoms with Gasteiger partial charge in [-0.2, -0.15) is 18.3 Å². The number of carbonyl (C=O) groups excluding carboxylic acids is 1. The average molecular weight is 547 g/mol. The van der Waals surface area contributed by atoms with Gasteiger partial charge in [0.2, 0.25) is 5.78 Å². The molecule has 1 unspecified atom stereocenters. The van der Waals surface area contributed by atoms with Crippen LogP contribution in [0.15, 0.2) is 107 Å². The van der Waals surface area contributed by atoms with Crippen LogP contribution in [0.4, 0.5) is 24.5 Å². The zero-order chi connectivity index (χ0) is 28.7. The molecule has 0 spiro atoms. The van der Waals surface area contributed by atoms with Gasteiger partial charge in [0.1, 0.15) is 29.9 Å². The fourth-order valence-electron chi connectivity index (χ4n) is 4.43. The molecule has 5 rings (SSSR count). The molecule has 0 amide bonds. The number of carbonyl (C=O) groups is 2. The van der Waals surface area contributed by atoms with Crippen LogP contribution in [0, 0.1) is 5.21 Å². The van der Waals surface area contributed by atoms with Crippen molar-refractivity contribution in [2.45, 2.75) is 6.18 Å². The van der Waals surface area contributed by atoms with Gasteiger partial charge < -0.3 is 15.4 Å². The topological polar surface area (TPSA) is 122 Å². The molecule has 3 N–H and O–H groups in total. The maximum Gasteiger partial charge on any atom is 0.416 e. The van der Waals surface area contributed by atoms with E-state index in [1.165, 1.54) is 42.6 Å². The van der Waals surface area contributed by atoms with Crippen LogP contribution in [0.5, 0.6) is 5.75 Å². The van der Waals surface area contributed by atoms with Gasteiger partial charge in [-0.15, -0.1) is 0 Å². The van der Waals surface area contributed by atoms with Crippen LogP contribution in [-0.4, -0.2) is 34.2 Å². The number of phenols is 1. The first-order valence-corrected chi connectivity index (χ1v) is 11.9. The third kappa shape index (κ3) is 5.03. The minimum absolute atomic E-state index is 0.0389. The van der Waals surface area contributed by atoms with Gasteiger partial charge in [-0.05, 0) is 53.6 Å². The molecule has 1 atom stereocenters. The summed E-state index contributed by atoms with van der Waals surface area (Å²) in [5.41, 5.74) is 2.89. The number of aromatic hydroxyl groups is 1. The van der Waals surface area contributed by atoms with Crippen LogP contribution in [0.3, 0.4) is 0 Å². The lowest BCUT2D eigenvalue weighted by Crippen LogP contribution is -2.44. The summed E-state index contributed by atoms with van der Waals surface area (Å²) in [5.74, 6) is -1.95. The Morgan fingerprint density at radius 1 is 1.00 bits per heavy atom. The van der Waals surface area contributed by atoms with E-state index in [9.17, 15) is 38.2 Å². The fraction of sp³-hybridized carbons (Fsp3) is 0.0690. The fourth-order valence-corrected chi connectivity index (χ4v) is 4.43. The molecule has 202 valence electrons. The van der Waals surface area contributed by atoms with E-state index >= 15 is 0 Å². The van der Waals surface area contributed by atoms with Gasteiger partial charge in [0, 0.05) is 11.6 Å². The Kier molecular flexibility index (Phi) is 6.62. The number of hydrogen-bond acceptors (Lipinski definition) is 6. The average Bonchev–Trinajstić information content (AvgIpc) is 2.93. The predicted octanol–water partition coefficient (Wildman–Crippen LogP) is 6.01. The standard InChI is InChI=1S/C29H20F3N3O5/c30-29(31,32)20-6-2-7-21(15-20)35(40)13-12-17-10-11-25(27(37)23(17)16-35)34-33-24-9-3-8-22(26(24)36)18-4-1-5-19(14-18)28(38)39/h1-15,33,36H,16H2,(H,38,39). The number of nitrogens with one attached hydrogen (secondary N) is 1. The third-order valence-corrected chi connectivity index (χ3v) is 6.53. The van der Waals surface area contributed by atoms with E-state index in [0.29, 0.717) is 16.7 Å². The molecule has 0 saturated heterocycles. The van der Waals surface area contributed by atoms with Gasteiger partial charge in [-0.3, -0.25) is 14.9 Å². The minimum Gasteiger partial charge on any atom is -0.622 e. The zero-order valence-electron chi connectivity index (χ0n) is 20.5. The number of anilines is 1. The van der Waals surface area contributed by atoms with Crippen molar-refractivity contribution in [2.75, 3.05) is 12.0 Å². The van der Waals surface area contributed by atoms with Gasteiger partial charge in [0.25, 0.3) is 0 Å². The van der Waals surface area contributed by atoms with Crippen LogP contribution in [-0.2, 0) is 11.0 Å². The van der Waals surface area contributed by atoms with E-state index in [0.717, 1.165) is 18.2 Å². The predicted molar refractivity (Wildman–Crippen MR) is 143 cm³/mol. The second kappa shape index (κ2) is 9.95. The largest absolute Gasteiger partial charge is 0.622 e. The number of hydrazone groups is 1. The van der Waals surface area contributed by atoms with E-state index in [-0.39, 0.29) is 34.0 Å². The van der Waals surface area contributed by atoms with Crippen LogP contribution in [0.2, 0.25) is 0 Å². The second-order valence-corrected chi connectivity index (χ2v) is 9.11. The summed E-state index contributed by atoms with van der Waals surface area (Å²) in [5, 5.41) is 37.7. The SMILES string of the molecule is O=C1C(=NNc2cccc(-c3cccc(C(=O)O)c3)c2O)C=CC2=C1C[N+]([O-])(c1cccc(C(F)(F)F)c1)C=C2. The number of para-hydroxylation sites is 1. The summed E-state index contributed by atoms with van der Waals surface area (Å²) in [4.78, 5) is 24.6. The molecule has 8 nitrogen and oxygen atoms in total. The Balaban J connectivity index is 1.39. The highest BCUT2D eigenvalue weighted by atomic mass is 19.4. The van der Waals surface area contributed by atoms with Gasteiger partial charge in [0.15, 0.2) is 0 Å². The summed E-state index contributed by atoms with van der Waals surface area (Å²) in [6.07, 6.45) is 0.943. The molecule has 1 aliphatic heterocycles. The first-order valence-electron chi connectivity index (χ1n) is 11.9. The Bertz CT molecular complexity index is 1670. The number of rotatable bonds is 5. The molecule has 0 bridgehead atoms. The van der Waals surface area contributed by atoms with Crippen molar-refractivity contribution in [1.29, 1.82) is 0 Å². The lowest BCUT2D eigenvalue weighted by atomic mass is 9.92. The Hall–Kier alpha value is -5.00. The quantitative estimate of drug-likeness (QED) is 0.118. The van der Waals surface area contributed by atoms with Gasteiger partial charge >= 0.3 is 12.1 Å². The van der Waals surface area contributed by atoms with E-state index in [1.54, 1.807) is 30.3 Å². The van der Waals surface area contributed by atoms with Crippen molar-refractivity contribution in [3.05, 3.63) is 119 Å². The number of quaternary nitrogens is 1. The van der Waals surface area contributed by atoms with Crippen LogP contribution >= 0.6 is 0 Å². The number of aromatic carboxylic acids is 1. The summed E-state index contributed by atoms with van der Waals surface area (Å²) in [6.45, 7) is -0.435. The third-order valence-electron chi connectivity index (χ3n) is 6.53. The molecular weight excluding hydrogens is 527 g/mol. The lowest BCUT2D eigenvalue weighted by Gasteiger charge is -2.41. The molecule has 40 heavy (non-hydrogen) atoms. The number of hydrogen-bond donors (Lipinski definition) is 3. The molecule has 1 aliphatic carbocycles. The molecule has 1 heterocycles. The van der Waals surface area contributed by atoms with Crippen molar-refractivity contribution in [2.24, 2.45) is 5.10 Å². The summed E-state index contributed by atoms with van der Waals surface area (Å²) < 4.78 is 38.3. The van der Waals surface area contributed by atoms with Gasteiger partial charge in [0.05, 0.1) is 22.4 Å². The number of nitrogens with zero attached hydrogens (tertiary/aromatic N) is 2. The summed E-state index contributed by atoms with van der Waals surface area (Å²) >= 11 is 0. The number of carboxylic acids is 1. The van der Waals surface area contributed by atoms with E-state index in [2.05, 4.69) is 10.5 Å². The number of carboxylic acid groups (broad SMARTS) is 1. The number of allylic oxidation sites excluding steroid dienone is 4.